The van der Waals surface area contributed by atoms with Gasteiger partial charge in [0.05, 0.1) is 6.23 Å². The van der Waals surface area contributed by atoms with Crippen molar-refractivity contribution < 1.29 is 13.3 Å². The van der Waals surface area contributed by atoms with Crippen molar-refractivity contribution in [3.63, 3.8) is 0 Å². The van der Waals surface area contributed by atoms with Gasteiger partial charge in [-0.3, -0.25) is 0 Å². The molecule has 0 aromatic rings. The Hall–Kier alpha value is 0.0569. The fourth-order valence-corrected chi connectivity index (χ4v) is 5.27. The summed E-state index contributed by atoms with van der Waals surface area (Å²) in [6.07, 6.45) is 10.1. The molecule has 4 nitrogen and oxygen atoms in total. The Bertz CT molecular complexity index is 222. The second-order valence-corrected chi connectivity index (χ2v) is 8.28. The Morgan fingerprint density at radius 2 is 1.29 bits per heavy atom. The van der Waals surface area contributed by atoms with Gasteiger partial charge in [-0.05, 0) is 27.2 Å². The van der Waals surface area contributed by atoms with Gasteiger partial charge in [-0.15, -0.1) is 0 Å². The van der Waals surface area contributed by atoms with Gasteiger partial charge in [-0.25, -0.2) is 0 Å². The molecule has 1 atom stereocenters. The first-order valence-corrected chi connectivity index (χ1v) is 10.7. The van der Waals surface area contributed by atoms with E-state index in [1.54, 1.807) is 0 Å². The first-order valence-electron chi connectivity index (χ1n) is 8.81. The molecule has 0 aliphatic carbocycles. The van der Waals surface area contributed by atoms with Gasteiger partial charge in [0.1, 0.15) is 0 Å². The van der Waals surface area contributed by atoms with E-state index in [4.69, 9.17) is 19.0 Å². The van der Waals surface area contributed by atoms with E-state index >= 15 is 0 Å². The summed E-state index contributed by atoms with van der Waals surface area (Å²) in [6.45, 7) is 9.31. The minimum Gasteiger partial charge on any atom is -0.374 e. The molecule has 1 unspecified atom stereocenters. The lowest BCUT2D eigenvalue weighted by Gasteiger charge is -2.30. The van der Waals surface area contributed by atoms with Crippen LogP contribution in [0.2, 0.25) is 6.04 Å². The van der Waals surface area contributed by atoms with Gasteiger partial charge in [0.25, 0.3) is 0 Å². The molecule has 0 aliphatic rings. The highest BCUT2D eigenvalue weighted by Gasteiger charge is 2.41. The van der Waals surface area contributed by atoms with Crippen LogP contribution >= 0.6 is 0 Å². The fourth-order valence-electron chi connectivity index (χ4n) is 2.51. The molecule has 0 saturated carbocycles. The van der Waals surface area contributed by atoms with Gasteiger partial charge in [-0.1, -0.05) is 51.9 Å². The highest BCUT2D eigenvalue weighted by molar-refractivity contribution is 6.60. The topological polar surface area (TPSA) is 53.7 Å². The van der Waals surface area contributed by atoms with Crippen LogP contribution in [0.1, 0.15) is 79.1 Å². The number of hydrogen-bond donors (Lipinski definition) is 1. The third-order valence-corrected chi connectivity index (χ3v) is 6.58. The van der Waals surface area contributed by atoms with Crippen LogP contribution in [-0.2, 0) is 13.3 Å². The lowest BCUT2D eigenvalue weighted by Crippen LogP contribution is -2.49. The largest absolute Gasteiger partial charge is 0.502 e. The summed E-state index contributed by atoms with van der Waals surface area (Å²) in [5.41, 5.74) is 5.79. The van der Waals surface area contributed by atoms with Crippen LogP contribution in [0.4, 0.5) is 0 Å². The fraction of sp³-hybridized carbons (Fsp3) is 1.00. The standard InChI is InChI=1S/C16H37NO3Si/c1-5-8-9-10-11-12-13-14-15-21(18-6-2,19-7-3)20-16(4)17/h16H,5-15,17H2,1-4H3. The third kappa shape index (κ3) is 11.3. The Kier molecular flexibility index (Phi) is 13.7. The predicted octanol–water partition coefficient (Wildman–Crippen LogP) is 4.46. The number of nitrogens with two attached hydrogens (primary N) is 1. The molecular weight excluding hydrogens is 282 g/mol. The van der Waals surface area contributed by atoms with Gasteiger partial charge in [0, 0.05) is 19.3 Å². The molecular formula is C16H37NO3Si. The summed E-state index contributed by atoms with van der Waals surface area (Å²) < 4.78 is 17.6. The Morgan fingerprint density at radius 1 is 0.810 bits per heavy atom. The van der Waals surface area contributed by atoms with E-state index < -0.39 is 8.80 Å². The molecule has 128 valence electrons. The number of unbranched alkanes of at least 4 members (excludes halogenated alkanes) is 7. The molecule has 0 aromatic heterocycles. The summed E-state index contributed by atoms with van der Waals surface area (Å²) in [5.74, 6) is 0. The average molecular weight is 320 g/mol. The van der Waals surface area contributed by atoms with E-state index in [-0.39, 0.29) is 6.23 Å². The Labute approximate surface area is 133 Å². The van der Waals surface area contributed by atoms with E-state index in [2.05, 4.69) is 6.92 Å². The summed E-state index contributed by atoms with van der Waals surface area (Å²) in [5, 5.41) is 0. The maximum absolute atomic E-state index is 5.85. The monoisotopic (exact) mass is 319 g/mol. The number of hydrogen-bond acceptors (Lipinski definition) is 4. The molecule has 0 aromatic carbocycles. The van der Waals surface area contributed by atoms with Crippen molar-refractivity contribution in [1.82, 2.24) is 0 Å². The predicted molar refractivity (Wildman–Crippen MR) is 91.2 cm³/mol. The van der Waals surface area contributed by atoms with Crippen molar-refractivity contribution in [2.75, 3.05) is 13.2 Å². The quantitative estimate of drug-likeness (QED) is 0.275. The van der Waals surface area contributed by atoms with Crippen LogP contribution < -0.4 is 5.73 Å². The minimum atomic E-state index is -2.56. The van der Waals surface area contributed by atoms with Crippen molar-refractivity contribution >= 4 is 8.80 Å². The zero-order valence-corrected chi connectivity index (χ0v) is 15.7. The Balaban J connectivity index is 3.99. The normalized spacial score (nSPS) is 13.6. The van der Waals surface area contributed by atoms with Crippen LogP contribution in [0, 0.1) is 0 Å². The smallest absolute Gasteiger partial charge is 0.374 e. The van der Waals surface area contributed by atoms with E-state index in [0.717, 1.165) is 12.5 Å². The maximum atomic E-state index is 5.85. The highest BCUT2D eigenvalue weighted by atomic mass is 28.4. The summed E-state index contributed by atoms with van der Waals surface area (Å²) in [6, 6.07) is 0.880. The van der Waals surface area contributed by atoms with Gasteiger partial charge >= 0.3 is 8.80 Å². The summed E-state index contributed by atoms with van der Waals surface area (Å²) in [4.78, 5) is 0. The molecule has 0 spiro atoms. The van der Waals surface area contributed by atoms with E-state index in [0.29, 0.717) is 13.2 Å². The molecule has 0 radical (unpaired) electrons. The summed E-state index contributed by atoms with van der Waals surface area (Å²) in [7, 11) is -2.56. The third-order valence-electron chi connectivity index (χ3n) is 3.43. The van der Waals surface area contributed by atoms with Crippen molar-refractivity contribution in [2.24, 2.45) is 5.73 Å². The molecule has 0 bridgehead atoms. The molecule has 21 heavy (non-hydrogen) atoms. The highest BCUT2D eigenvalue weighted by Crippen LogP contribution is 2.21. The SMILES string of the molecule is CCCCCCCCCC[Si](OCC)(OCC)OC(C)N. The average Bonchev–Trinajstić information content (AvgIpc) is 2.41. The molecule has 0 aliphatic heterocycles. The van der Waals surface area contributed by atoms with Crippen LogP contribution in [0.15, 0.2) is 0 Å². The molecule has 5 heteroatoms. The van der Waals surface area contributed by atoms with Crippen molar-refractivity contribution in [3.8, 4) is 0 Å². The van der Waals surface area contributed by atoms with Gasteiger partial charge < -0.3 is 19.0 Å². The Morgan fingerprint density at radius 3 is 1.71 bits per heavy atom. The lowest BCUT2D eigenvalue weighted by molar-refractivity contribution is 0.0399. The molecule has 0 saturated heterocycles. The van der Waals surface area contributed by atoms with Crippen molar-refractivity contribution in [3.05, 3.63) is 0 Å². The second-order valence-electron chi connectivity index (χ2n) is 5.60. The first-order chi connectivity index (χ1) is 10.1. The number of rotatable bonds is 15. The maximum Gasteiger partial charge on any atom is 0.502 e. The van der Waals surface area contributed by atoms with Crippen molar-refractivity contribution in [1.29, 1.82) is 0 Å². The first kappa shape index (κ1) is 21.1. The van der Waals surface area contributed by atoms with Crippen LogP contribution in [0.25, 0.3) is 0 Å². The molecule has 0 heterocycles. The lowest BCUT2D eigenvalue weighted by atomic mass is 10.1. The van der Waals surface area contributed by atoms with Gasteiger partial charge in [0.2, 0.25) is 0 Å². The van der Waals surface area contributed by atoms with Crippen LogP contribution in [0.5, 0.6) is 0 Å². The van der Waals surface area contributed by atoms with Gasteiger partial charge in [-0.2, -0.15) is 0 Å². The molecule has 0 amide bonds. The zero-order chi connectivity index (χ0) is 16.0. The van der Waals surface area contributed by atoms with Crippen LogP contribution in [0.3, 0.4) is 0 Å². The van der Waals surface area contributed by atoms with Crippen molar-refractivity contribution in [2.45, 2.75) is 91.3 Å². The van der Waals surface area contributed by atoms with Crippen LogP contribution in [-0.4, -0.2) is 28.2 Å². The summed E-state index contributed by atoms with van der Waals surface area (Å²) >= 11 is 0. The van der Waals surface area contributed by atoms with E-state index in [9.17, 15) is 0 Å². The van der Waals surface area contributed by atoms with E-state index in [1.807, 2.05) is 20.8 Å². The van der Waals surface area contributed by atoms with E-state index in [1.165, 1.54) is 44.9 Å². The molecule has 0 rings (SSSR count). The second kappa shape index (κ2) is 13.7. The molecule has 2 N–H and O–H groups in total. The minimum absolute atomic E-state index is 0.330. The molecule has 0 fully saturated rings. The van der Waals surface area contributed by atoms with Gasteiger partial charge in [0.15, 0.2) is 0 Å². The zero-order valence-electron chi connectivity index (χ0n) is 14.7.